The van der Waals surface area contributed by atoms with Crippen molar-refractivity contribution in [1.82, 2.24) is 15.0 Å². The first-order valence-corrected chi connectivity index (χ1v) is 12.1. The SMILES string of the molecule is Cc1ccc(-c2noc(C(=O)N3CCCCCC3)n2)cc1S(=O)(=O)Nc1cccc(C#N)c1. The van der Waals surface area contributed by atoms with Crippen LogP contribution in [0.5, 0.6) is 0 Å². The molecule has 0 atom stereocenters. The molecule has 9 nitrogen and oxygen atoms in total. The molecular weight excluding hydrogens is 442 g/mol. The Kier molecular flexibility index (Phi) is 6.42. The molecule has 170 valence electrons. The van der Waals surface area contributed by atoms with Gasteiger partial charge in [0.15, 0.2) is 0 Å². The van der Waals surface area contributed by atoms with Crippen molar-refractivity contribution in [2.24, 2.45) is 0 Å². The molecule has 4 rings (SSSR count). The fraction of sp³-hybridized carbons (Fsp3) is 0.304. The van der Waals surface area contributed by atoms with Crippen LogP contribution >= 0.6 is 0 Å². The van der Waals surface area contributed by atoms with Crippen molar-refractivity contribution in [3.63, 3.8) is 0 Å². The van der Waals surface area contributed by atoms with Crippen LogP contribution in [0.25, 0.3) is 11.4 Å². The molecular formula is C23H23N5O4S. The minimum Gasteiger partial charge on any atom is -0.334 e. The highest BCUT2D eigenvalue weighted by atomic mass is 32.2. The number of hydrogen-bond donors (Lipinski definition) is 1. The van der Waals surface area contributed by atoms with Crippen molar-refractivity contribution in [3.8, 4) is 17.5 Å². The summed E-state index contributed by atoms with van der Waals surface area (Å²) in [7, 11) is -3.95. The van der Waals surface area contributed by atoms with Crippen LogP contribution in [0.2, 0.25) is 0 Å². The van der Waals surface area contributed by atoms with Crippen molar-refractivity contribution in [2.45, 2.75) is 37.5 Å². The molecule has 0 aliphatic carbocycles. The Morgan fingerprint density at radius 1 is 1.12 bits per heavy atom. The van der Waals surface area contributed by atoms with E-state index in [0.29, 0.717) is 29.8 Å². The van der Waals surface area contributed by atoms with Crippen LogP contribution in [-0.2, 0) is 10.0 Å². The molecule has 1 aliphatic heterocycles. The second-order valence-electron chi connectivity index (χ2n) is 7.91. The summed E-state index contributed by atoms with van der Waals surface area (Å²) in [5, 5.41) is 12.9. The zero-order valence-electron chi connectivity index (χ0n) is 18.1. The van der Waals surface area contributed by atoms with E-state index in [9.17, 15) is 13.2 Å². The highest BCUT2D eigenvalue weighted by Crippen LogP contribution is 2.26. The van der Waals surface area contributed by atoms with Gasteiger partial charge in [-0.15, -0.1) is 0 Å². The van der Waals surface area contributed by atoms with E-state index >= 15 is 0 Å². The molecule has 0 bridgehead atoms. The van der Waals surface area contributed by atoms with Crippen LogP contribution in [0.4, 0.5) is 5.69 Å². The number of nitrogens with zero attached hydrogens (tertiary/aromatic N) is 4. The van der Waals surface area contributed by atoms with Gasteiger partial charge in [-0.05, 0) is 49.6 Å². The number of carbonyl (C=O) groups is 1. The molecule has 1 fully saturated rings. The minimum absolute atomic E-state index is 0.0348. The molecule has 1 aliphatic rings. The summed E-state index contributed by atoms with van der Waals surface area (Å²) in [4.78, 5) is 18.7. The third-order valence-corrected chi connectivity index (χ3v) is 7.01. The fourth-order valence-electron chi connectivity index (χ4n) is 3.73. The topological polar surface area (TPSA) is 129 Å². The largest absolute Gasteiger partial charge is 0.334 e. The smallest absolute Gasteiger partial charge is 0.316 e. The highest BCUT2D eigenvalue weighted by Gasteiger charge is 2.24. The molecule has 1 aromatic heterocycles. The molecule has 0 radical (unpaired) electrons. The summed E-state index contributed by atoms with van der Waals surface area (Å²) in [5.74, 6) is -0.283. The number of nitriles is 1. The van der Waals surface area contributed by atoms with Crippen molar-refractivity contribution in [2.75, 3.05) is 17.8 Å². The lowest BCUT2D eigenvalue weighted by Crippen LogP contribution is -2.32. The summed E-state index contributed by atoms with van der Waals surface area (Å²) in [5.41, 5.74) is 1.55. The summed E-state index contributed by atoms with van der Waals surface area (Å²) >= 11 is 0. The zero-order chi connectivity index (χ0) is 23.4. The molecule has 0 unspecified atom stereocenters. The maximum Gasteiger partial charge on any atom is 0.316 e. The number of aryl methyl sites for hydroxylation is 1. The molecule has 3 aromatic rings. The highest BCUT2D eigenvalue weighted by molar-refractivity contribution is 7.92. The number of anilines is 1. The van der Waals surface area contributed by atoms with Gasteiger partial charge in [0.1, 0.15) is 0 Å². The van der Waals surface area contributed by atoms with E-state index in [0.717, 1.165) is 25.7 Å². The molecule has 0 saturated carbocycles. The lowest BCUT2D eigenvalue weighted by molar-refractivity contribution is 0.0711. The average Bonchev–Trinajstić information content (AvgIpc) is 3.14. The Morgan fingerprint density at radius 2 is 1.88 bits per heavy atom. The monoisotopic (exact) mass is 465 g/mol. The number of benzene rings is 2. The van der Waals surface area contributed by atoms with E-state index in [4.69, 9.17) is 9.78 Å². The minimum atomic E-state index is -3.95. The Bertz CT molecular complexity index is 1320. The van der Waals surface area contributed by atoms with E-state index in [1.165, 1.54) is 12.1 Å². The van der Waals surface area contributed by atoms with Gasteiger partial charge in [0.05, 0.1) is 22.2 Å². The van der Waals surface area contributed by atoms with E-state index in [-0.39, 0.29) is 28.2 Å². The summed E-state index contributed by atoms with van der Waals surface area (Å²) in [6.45, 7) is 2.98. The number of carbonyl (C=O) groups excluding carboxylic acids is 1. The molecule has 1 N–H and O–H groups in total. The molecule has 2 aromatic carbocycles. The number of likely N-dealkylation sites (tertiary alicyclic amines) is 1. The number of hydrogen-bond acceptors (Lipinski definition) is 7. The maximum absolute atomic E-state index is 13.0. The van der Waals surface area contributed by atoms with Crippen LogP contribution in [0, 0.1) is 18.3 Å². The number of amides is 1. The zero-order valence-corrected chi connectivity index (χ0v) is 18.9. The van der Waals surface area contributed by atoms with Gasteiger partial charge in [0, 0.05) is 18.7 Å². The van der Waals surface area contributed by atoms with Gasteiger partial charge in [-0.3, -0.25) is 9.52 Å². The van der Waals surface area contributed by atoms with Crippen LogP contribution in [0.1, 0.15) is 47.5 Å². The number of sulfonamides is 1. The second kappa shape index (κ2) is 9.42. The predicted octanol–water partition coefficient (Wildman–Crippen LogP) is 3.73. The second-order valence-corrected chi connectivity index (χ2v) is 9.56. The first kappa shape index (κ1) is 22.5. The van der Waals surface area contributed by atoms with Crippen molar-refractivity contribution >= 4 is 21.6 Å². The van der Waals surface area contributed by atoms with Crippen molar-refractivity contribution < 1.29 is 17.7 Å². The maximum atomic E-state index is 13.0. The lowest BCUT2D eigenvalue weighted by atomic mass is 10.1. The summed E-state index contributed by atoms with van der Waals surface area (Å²) in [6.07, 6.45) is 4.06. The molecule has 10 heteroatoms. The van der Waals surface area contributed by atoms with Crippen LogP contribution in [-0.4, -0.2) is 42.5 Å². The lowest BCUT2D eigenvalue weighted by Gasteiger charge is -2.17. The molecule has 1 saturated heterocycles. The van der Waals surface area contributed by atoms with Crippen molar-refractivity contribution in [3.05, 3.63) is 59.5 Å². The van der Waals surface area contributed by atoms with Gasteiger partial charge in [-0.2, -0.15) is 10.2 Å². The molecule has 1 amide bonds. The third-order valence-electron chi connectivity index (χ3n) is 5.48. The van der Waals surface area contributed by atoms with Gasteiger partial charge in [-0.1, -0.05) is 36.2 Å². The molecule has 2 heterocycles. The van der Waals surface area contributed by atoms with Gasteiger partial charge < -0.3 is 9.42 Å². The number of rotatable bonds is 5. The quantitative estimate of drug-likeness (QED) is 0.608. The van der Waals surface area contributed by atoms with E-state index in [1.807, 2.05) is 6.07 Å². The Labute approximate surface area is 192 Å². The number of nitrogens with one attached hydrogen (secondary N) is 1. The van der Waals surface area contributed by atoms with Gasteiger partial charge in [0.25, 0.3) is 10.0 Å². The van der Waals surface area contributed by atoms with Gasteiger partial charge in [0.2, 0.25) is 5.82 Å². The van der Waals surface area contributed by atoms with Gasteiger partial charge in [-0.25, -0.2) is 8.42 Å². The Morgan fingerprint density at radius 3 is 2.61 bits per heavy atom. The molecule has 0 spiro atoms. The summed E-state index contributed by atoms with van der Waals surface area (Å²) < 4.78 is 33.8. The molecule has 33 heavy (non-hydrogen) atoms. The van der Waals surface area contributed by atoms with Crippen molar-refractivity contribution in [1.29, 1.82) is 5.26 Å². The van der Waals surface area contributed by atoms with Crippen LogP contribution in [0.15, 0.2) is 51.9 Å². The van der Waals surface area contributed by atoms with Gasteiger partial charge >= 0.3 is 11.8 Å². The van der Waals surface area contributed by atoms with E-state index in [2.05, 4.69) is 14.9 Å². The number of aromatic nitrogens is 2. The fourth-order valence-corrected chi connectivity index (χ4v) is 5.05. The first-order chi connectivity index (χ1) is 15.9. The standard InChI is InChI=1S/C23H23N5O4S/c1-16-9-10-18(14-20(16)33(30,31)27-19-8-6-7-17(13-19)15-24)21-25-22(32-26-21)23(29)28-11-4-2-3-5-12-28/h6-10,13-14,27H,2-5,11-12H2,1H3. The Balaban J connectivity index is 1.60. The summed E-state index contributed by atoms with van der Waals surface area (Å²) in [6, 6.07) is 12.9. The Hall–Kier alpha value is -3.71. The predicted molar refractivity (Wildman–Crippen MR) is 121 cm³/mol. The third kappa shape index (κ3) is 5.04. The first-order valence-electron chi connectivity index (χ1n) is 10.6. The van der Waals surface area contributed by atoms with E-state index in [1.54, 1.807) is 42.2 Å². The normalized spacial score (nSPS) is 14.4. The average molecular weight is 466 g/mol. The van der Waals surface area contributed by atoms with E-state index < -0.39 is 10.0 Å². The van der Waals surface area contributed by atoms with Crippen LogP contribution < -0.4 is 4.72 Å². The van der Waals surface area contributed by atoms with Crippen LogP contribution in [0.3, 0.4) is 0 Å².